The van der Waals surface area contributed by atoms with Crippen molar-refractivity contribution < 1.29 is 19.1 Å². The number of thiazole rings is 1. The lowest BCUT2D eigenvalue weighted by Crippen LogP contribution is -2.43. The first-order chi connectivity index (χ1) is 12.0. The third kappa shape index (κ3) is 3.56. The number of carbonyl (C=O) groups excluding carboxylic acids is 1. The number of amides is 1. The lowest BCUT2D eigenvalue weighted by Gasteiger charge is -2.28. The zero-order valence-electron chi connectivity index (χ0n) is 13.6. The number of nitrogens with zero attached hydrogens (tertiary/aromatic N) is 1. The van der Waals surface area contributed by atoms with Gasteiger partial charge in [0.2, 0.25) is 5.91 Å². The van der Waals surface area contributed by atoms with Crippen molar-refractivity contribution >= 4 is 23.2 Å². The van der Waals surface area contributed by atoms with Gasteiger partial charge in [0, 0.05) is 23.9 Å². The smallest absolute Gasteiger partial charge is 0.355 e. The standard InChI is InChI=1S/C18H19FN2O3S/c19-13-6-2-1-5-12(13)18(8-3-4-9-18)17(24)20-10-7-15-21-14(11-25-15)16(22)23/h1-2,5-6,11H,3-4,7-10H2,(H,20,24)(H,22,23). The van der Waals surface area contributed by atoms with Gasteiger partial charge in [0.15, 0.2) is 5.69 Å². The van der Waals surface area contributed by atoms with Crippen molar-refractivity contribution in [1.82, 2.24) is 10.3 Å². The van der Waals surface area contributed by atoms with Crippen LogP contribution in [0.4, 0.5) is 4.39 Å². The number of rotatable bonds is 6. The molecule has 1 amide bonds. The number of carboxylic acid groups (broad SMARTS) is 1. The average molecular weight is 362 g/mol. The number of hydrogen-bond acceptors (Lipinski definition) is 4. The lowest BCUT2D eigenvalue weighted by molar-refractivity contribution is -0.126. The Labute approximate surface area is 148 Å². The summed E-state index contributed by atoms with van der Waals surface area (Å²) in [6.45, 7) is 0.349. The highest BCUT2D eigenvalue weighted by molar-refractivity contribution is 7.09. The molecule has 1 aromatic carbocycles. The summed E-state index contributed by atoms with van der Waals surface area (Å²) >= 11 is 1.26. The van der Waals surface area contributed by atoms with Crippen LogP contribution >= 0.6 is 11.3 Å². The maximum Gasteiger partial charge on any atom is 0.355 e. The third-order valence-electron chi connectivity index (χ3n) is 4.68. The molecule has 0 saturated heterocycles. The van der Waals surface area contributed by atoms with E-state index in [2.05, 4.69) is 10.3 Å². The van der Waals surface area contributed by atoms with Crippen LogP contribution < -0.4 is 5.32 Å². The number of nitrogens with one attached hydrogen (secondary N) is 1. The van der Waals surface area contributed by atoms with E-state index < -0.39 is 11.4 Å². The molecule has 1 aliphatic rings. The van der Waals surface area contributed by atoms with Crippen LogP contribution in [-0.2, 0) is 16.6 Å². The zero-order valence-corrected chi connectivity index (χ0v) is 14.4. The molecule has 0 radical (unpaired) electrons. The first-order valence-electron chi connectivity index (χ1n) is 8.24. The number of hydrogen-bond donors (Lipinski definition) is 2. The van der Waals surface area contributed by atoms with Crippen LogP contribution in [0, 0.1) is 5.82 Å². The first-order valence-corrected chi connectivity index (χ1v) is 9.12. The van der Waals surface area contributed by atoms with E-state index in [1.165, 1.54) is 22.8 Å². The maximum absolute atomic E-state index is 14.3. The second kappa shape index (κ2) is 7.31. The molecule has 132 valence electrons. The van der Waals surface area contributed by atoms with Crippen molar-refractivity contribution in [3.8, 4) is 0 Å². The fraction of sp³-hybridized carbons (Fsp3) is 0.389. The summed E-state index contributed by atoms with van der Waals surface area (Å²) in [5.74, 6) is -1.56. The normalized spacial score (nSPS) is 15.9. The van der Waals surface area contributed by atoms with Gasteiger partial charge in [0.25, 0.3) is 0 Å². The van der Waals surface area contributed by atoms with Crippen LogP contribution in [0.25, 0.3) is 0 Å². The van der Waals surface area contributed by atoms with Gasteiger partial charge in [-0.2, -0.15) is 0 Å². The molecule has 0 spiro atoms. The lowest BCUT2D eigenvalue weighted by atomic mass is 9.77. The molecule has 0 unspecified atom stereocenters. The predicted octanol–water partition coefficient (Wildman–Crippen LogP) is 3.15. The van der Waals surface area contributed by atoms with Gasteiger partial charge >= 0.3 is 5.97 Å². The highest BCUT2D eigenvalue weighted by atomic mass is 32.1. The number of aromatic nitrogens is 1. The van der Waals surface area contributed by atoms with Crippen molar-refractivity contribution in [2.75, 3.05) is 6.54 Å². The summed E-state index contributed by atoms with van der Waals surface area (Å²) in [6, 6.07) is 6.47. The van der Waals surface area contributed by atoms with Gasteiger partial charge in [-0.3, -0.25) is 4.79 Å². The van der Waals surface area contributed by atoms with E-state index >= 15 is 0 Å². The second-order valence-corrected chi connectivity index (χ2v) is 7.15. The van der Waals surface area contributed by atoms with Crippen molar-refractivity contribution in [2.45, 2.75) is 37.5 Å². The van der Waals surface area contributed by atoms with E-state index in [0.717, 1.165) is 12.8 Å². The molecular formula is C18H19FN2O3S. The molecule has 0 bridgehead atoms. The minimum atomic E-state index is -1.06. The van der Waals surface area contributed by atoms with E-state index in [9.17, 15) is 14.0 Å². The summed E-state index contributed by atoms with van der Waals surface area (Å²) in [7, 11) is 0. The van der Waals surface area contributed by atoms with E-state index in [1.807, 2.05) is 0 Å². The van der Waals surface area contributed by atoms with Gasteiger partial charge in [0.05, 0.1) is 10.4 Å². The van der Waals surface area contributed by atoms with Crippen LogP contribution in [-0.4, -0.2) is 28.5 Å². The molecule has 0 atom stereocenters. The van der Waals surface area contributed by atoms with Crippen molar-refractivity contribution in [1.29, 1.82) is 0 Å². The largest absolute Gasteiger partial charge is 0.476 e. The molecule has 2 aromatic rings. The van der Waals surface area contributed by atoms with Gasteiger partial charge in [-0.25, -0.2) is 14.2 Å². The van der Waals surface area contributed by atoms with Gasteiger partial charge in [-0.1, -0.05) is 31.0 Å². The van der Waals surface area contributed by atoms with Crippen LogP contribution in [0.5, 0.6) is 0 Å². The quantitative estimate of drug-likeness (QED) is 0.827. The minimum absolute atomic E-state index is 0.0185. The number of benzene rings is 1. The Morgan fingerprint density at radius 1 is 1.28 bits per heavy atom. The molecule has 5 nitrogen and oxygen atoms in total. The predicted molar refractivity (Wildman–Crippen MR) is 92.3 cm³/mol. The number of halogens is 1. The van der Waals surface area contributed by atoms with Crippen molar-refractivity contribution in [2.24, 2.45) is 0 Å². The zero-order chi connectivity index (χ0) is 17.9. The van der Waals surface area contributed by atoms with E-state index in [-0.39, 0.29) is 17.4 Å². The SMILES string of the molecule is O=C(O)c1csc(CCNC(=O)C2(c3ccccc3F)CCCC2)n1. The minimum Gasteiger partial charge on any atom is -0.476 e. The molecule has 7 heteroatoms. The van der Waals surface area contributed by atoms with Crippen LogP contribution in [0.2, 0.25) is 0 Å². The fourth-order valence-corrected chi connectivity index (χ4v) is 4.19. The van der Waals surface area contributed by atoms with Crippen LogP contribution in [0.1, 0.15) is 46.7 Å². The molecule has 1 aromatic heterocycles. The third-order valence-corrected chi connectivity index (χ3v) is 5.59. The van der Waals surface area contributed by atoms with Crippen molar-refractivity contribution in [3.05, 3.63) is 51.7 Å². The molecule has 2 N–H and O–H groups in total. The summed E-state index contributed by atoms with van der Waals surface area (Å²) in [6.07, 6.45) is 3.53. The highest BCUT2D eigenvalue weighted by Crippen LogP contribution is 2.42. The second-order valence-electron chi connectivity index (χ2n) is 6.21. The van der Waals surface area contributed by atoms with Crippen molar-refractivity contribution in [3.63, 3.8) is 0 Å². The van der Waals surface area contributed by atoms with Gasteiger partial charge < -0.3 is 10.4 Å². The number of aromatic carboxylic acids is 1. The van der Waals surface area contributed by atoms with E-state index in [0.29, 0.717) is 36.4 Å². The van der Waals surface area contributed by atoms with Gasteiger partial charge in [-0.05, 0) is 18.9 Å². The summed E-state index contributed by atoms with van der Waals surface area (Å²) < 4.78 is 14.3. The molecule has 1 fully saturated rings. The highest BCUT2D eigenvalue weighted by Gasteiger charge is 2.44. The van der Waals surface area contributed by atoms with Gasteiger partial charge in [0.1, 0.15) is 5.82 Å². The van der Waals surface area contributed by atoms with E-state index in [4.69, 9.17) is 5.11 Å². The Bertz CT molecular complexity index is 784. The Morgan fingerprint density at radius 2 is 2.00 bits per heavy atom. The Morgan fingerprint density at radius 3 is 2.64 bits per heavy atom. The number of carboxylic acids is 1. The molecule has 1 aliphatic carbocycles. The molecule has 1 heterocycles. The number of carbonyl (C=O) groups is 2. The Kier molecular flexibility index (Phi) is 5.13. The summed E-state index contributed by atoms with van der Waals surface area (Å²) in [5.41, 5.74) is -0.321. The fourth-order valence-electron chi connectivity index (χ4n) is 3.42. The van der Waals surface area contributed by atoms with E-state index in [1.54, 1.807) is 18.2 Å². The van der Waals surface area contributed by atoms with Gasteiger partial charge in [-0.15, -0.1) is 11.3 Å². The molecule has 3 rings (SSSR count). The maximum atomic E-state index is 14.3. The van der Waals surface area contributed by atoms with Crippen LogP contribution in [0.15, 0.2) is 29.6 Å². The summed E-state index contributed by atoms with van der Waals surface area (Å²) in [4.78, 5) is 27.7. The molecular weight excluding hydrogens is 343 g/mol. The first kappa shape index (κ1) is 17.5. The Hall–Kier alpha value is -2.28. The molecule has 1 saturated carbocycles. The Balaban J connectivity index is 1.67. The topological polar surface area (TPSA) is 79.3 Å². The van der Waals surface area contributed by atoms with Crippen LogP contribution in [0.3, 0.4) is 0 Å². The molecule has 25 heavy (non-hydrogen) atoms. The average Bonchev–Trinajstić information content (AvgIpc) is 3.25. The monoisotopic (exact) mass is 362 g/mol. The summed E-state index contributed by atoms with van der Waals surface area (Å²) in [5, 5.41) is 13.9. The molecule has 0 aliphatic heterocycles.